The first-order chi connectivity index (χ1) is 44.0. The van der Waals surface area contributed by atoms with E-state index < -0.39 is 0 Å². The van der Waals surface area contributed by atoms with Crippen molar-refractivity contribution < 1.29 is 52.4 Å². The van der Waals surface area contributed by atoms with Crippen LogP contribution in [-0.2, 0) is 40.2 Å². The van der Waals surface area contributed by atoms with E-state index in [0.29, 0.717) is 60.9 Å². The van der Waals surface area contributed by atoms with Crippen molar-refractivity contribution in [2.75, 3.05) is 62.7 Å². The van der Waals surface area contributed by atoms with Crippen molar-refractivity contribution >= 4 is 136 Å². The minimum Gasteiger partial charge on any atom is -0.492 e. The van der Waals surface area contributed by atoms with Gasteiger partial charge in [0, 0.05) is 84.4 Å². The zero-order chi connectivity index (χ0) is 69.2. The molecule has 0 saturated carbocycles. The lowest BCUT2D eigenvalue weighted by Gasteiger charge is -2.27. The molecule has 11 nitrogen and oxygen atoms in total. The highest BCUT2D eigenvalue weighted by Gasteiger charge is 2.26. The maximum absolute atomic E-state index is 11.6. The lowest BCUT2D eigenvalue weighted by molar-refractivity contribution is -0.110. The predicted molar refractivity (Wildman–Crippen MR) is 409 cm³/mol. The Morgan fingerprint density at radius 2 is 0.591 bits per heavy atom. The largest absolute Gasteiger partial charge is 0.492 e. The number of hydrogen-bond acceptors (Lipinski definition) is 19. The van der Waals surface area contributed by atoms with E-state index in [1.807, 2.05) is 97.1 Å². The molecule has 4 atom stereocenters. The second-order valence-electron chi connectivity index (χ2n) is 22.5. The van der Waals surface area contributed by atoms with Gasteiger partial charge in [-0.25, -0.2) is 0 Å². The van der Waals surface area contributed by atoms with Gasteiger partial charge in [0.1, 0.15) is 74.1 Å². The summed E-state index contributed by atoms with van der Waals surface area (Å²) in [7, 11) is 0. The lowest BCUT2D eigenvalue weighted by Crippen LogP contribution is -2.21. The van der Waals surface area contributed by atoms with Crippen LogP contribution in [0.5, 0.6) is 34.5 Å². The Morgan fingerprint density at radius 1 is 0.387 bits per heavy atom. The average Bonchev–Trinajstić information content (AvgIpc) is 0.830. The fourth-order valence-corrected chi connectivity index (χ4v) is 12.1. The second-order valence-corrected chi connectivity index (χ2v) is 30.7. The van der Waals surface area contributed by atoms with Gasteiger partial charge in [0.15, 0.2) is 25.6 Å². The summed E-state index contributed by atoms with van der Waals surface area (Å²) in [5.74, 6) is 12.0. The van der Waals surface area contributed by atoms with Crippen molar-refractivity contribution in [1.82, 2.24) is 0 Å². The number of ether oxygens (including phenoxy) is 6. The van der Waals surface area contributed by atoms with Gasteiger partial charge in [-0.1, -0.05) is 173 Å². The average molecular weight is 1430 g/mol. The summed E-state index contributed by atoms with van der Waals surface area (Å²) in [6.07, 6.45) is 10.4. The Bertz CT molecular complexity index is 3090. The van der Waals surface area contributed by atoms with Crippen molar-refractivity contribution in [3.05, 3.63) is 179 Å². The Balaban J connectivity index is 0.000000366. The SMILES string of the molecule is C#CCOc1ccc(C(C)(C)c2ccc(OCC#C)cc2)cc1.CC(=O)S.CC(=O)SCC(COc1ccc(C(C)(C)c2ccc(OCC(CSC(C)=O)SC(C)=O)cc2)cc1)SC(C)=O.CC(C)(c1ccc(OCC(S)CS)cc1)c1ccc(OCC(S)CS)cc1. The fourth-order valence-electron chi connectivity index (χ4n) is 8.55. The van der Waals surface area contributed by atoms with Gasteiger partial charge in [-0.3, -0.25) is 24.0 Å². The van der Waals surface area contributed by atoms with Gasteiger partial charge >= 0.3 is 0 Å². The van der Waals surface area contributed by atoms with E-state index >= 15 is 0 Å². The van der Waals surface area contributed by atoms with Crippen LogP contribution in [0.4, 0.5) is 0 Å². The van der Waals surface area contributed by atoms with Gasteiger partial charge in [0.25, 0.3) is 0 Å². The van der Waals surface area contributed by atoms with E-state index in [1.54, 1.807) is 0 Å². The minimum absolute atomic E-state index is 0.00280. The third-order valence-corrected chi connectivity index (χ3v) is 20.3. The molecule has 0 heterocycles. The van der Waals surface area contributed by atoms with E-state index in [1.165, 1.54) is 104 Å². The van der Waals surface area contributed by atoms with Crippen LogP contribution < -0.4 is 28.4 Å². The van der Waals surface area contributed by atoms with E-state index in [-0.39, 0.29) is 76.0 Å². The van der Waals surface area contributed by atoms with Gasteiger partial charge in [0.05, 0.1) is 10.5 Å². The molecule has 20 heteroatoms. The summed E-state index contributed by atoms with van der Waals surface area (Å²) in [5, 5.41) is -0.0157. The standard InChI is InChI=1S/C29H36O6S4.C21H28O2S4.C21H20O2.C2H4OS/c1-19(30)36-17-27(38-21(3)32)15-34-25-11-7-23(8-12-25)29(5,6)24-9-13-26(14-10-24)35-16-28(39-22(4)33)18-37-20(2)31;1-21(2,15-3-7-17(8-4-15)22-11-19(26)13-24)16-5-9-18(10-6-16)23-12-20(27)14-25;1-5-15-22-19-11-7-17(8-12-19)21(3,4)18-9-13-20(14-10-18)23-16-6-2;1-2(3)4/h7-14,27-28H,15-18H2,1-6H3;3-10,19-20,24-27H,11-14H2,1-2H3;1-2,7-14H,15-16H2,3-4H3;1H3,(H,3,4). The van der Waals surface area contributed by atoms with Crippen LogP contribution in [0, 0.1) is 24.7 Å². The highest BCUT2D eigenvalue weighted by Crippen LogP contribution is 2.37. The Hall–Kier alpha value is -5.26. The van der Waals surface area contributed by atoms with E-state index in [0.717, 1.165) is 34.1 Å². The molecule has 500 valence electrons. The normalized spacial score (nSPS) is 12.3. The molecular formula is C73H88O11S9. The Morgan fingerprint density at radius 3 is 0.774 bits per heavy atom. The van der Waals surface area contributed by atoms with Crippen LogP contribution in [0.15, 0.2) is 146 Å². The predicted octanol–water partition coefficient (Wildman–Crippen LogP) is 16.4. The van der Waals surface area contributed by atoms with Crippen molar-refractivity contribution in [3.63, 3.8) is 0 Å². The zero-order valence-electron chi connectivity index (χ0n) is 54.8. The van der Waals surface area contributed by atoms with Crippen LogP contribution in [0.2, 0.25) is 0 Å². The van der Waals surface area contributed by atoms with E-state index in [9.17, 15) is 24.0 Å². The Labute approximate surface area is 597 Å². The highest BCUT2D eigenvalue weighted by molar-refractivity contribution is 8.17. The van der Waals surface area contributed by atoms with Crippen LogP contribution in [-0.4, -0.2) is 109 Å². The van der Waals surface area contributed by atoms with Crippen LogP contribution >= 0.6 is 110 Å². The molecule has 4 unspecified atom stereocenters. The van der Waals surface area contributed by atoms with Gasteiger partial charge < -0.3 is 28.4 Å². The highest BCUT2D eigenvalue weighted by atomic mass is 32.2. The molecule has 0 fully saturated rings. The second kappa shape index (κ2) is 43.0. The molecule has 0 bridgehead atoms. The molecule has 0 N–H and O–H groups in total. The number of terminal acetylenes is 2. The molecule has 0 aliphatic rings. The molecule has 6 rings (SSSR count). The quantitative estimate of drug-likeness (QED) is 0.0216. The smallest absolute Gasteiger partial charge is 0.186 e. The Kier molecular flexibility index (Phi) is 37.9. The number of carbonyl (C=O) groups is 5. The third-order valence-electron chi connectivity index (χ3n) is 13.9. The molecule has 93 heavy (non-hydrogen) atoms. The summed E-state index contributed by atoms with van der Waals surface area (Å²) < 4.78 is 34.2. The molecule has 6 aromatic rings. The number of benzene rings is 6. The van der Waals surface area contributed by atoms with Crippen LogP contribution in [0.3, 0.4) is 0 Å². The molecule has 0 saturated heterocycles. The number of thioether (sulfide) groups is 4. The molecule has 0 aromatic heterocycles. The molecule has 0 aliphatic carbocycles. The van der Waals surface area contributed by atoms with Gasteiger partial charge in [-0.05, 0) is 106 Å². The molecule has 0 spiro atoms. The van der Waals surface area contributed by atoms with Crippen LogP contribution in [0.1, 0.15) is 110 Å². The topological polar surface area (TPSA) is 141 Å². The summed E-state index contributed by atoms with van der Waals surface area (Å²) in [6, 6.07) is 48.4. The minimum atomic E-state index is -0.270. The van der Waals surface area contributed by atoms with E-state index in [4.69, 9.17) is 41.3 Å². The summed E-state index contributed by atoms with van der Waals surface area (Å²) >= 11 is 25.4. The molecule has 0 aliphatic heterocycles. The van der Waals surface area contributed by atoms with Crippen LogP contribution in [0.25, 0.3) is 0 Å². The maximum Gasteiger partial charge on any atom is 0.186 e. The number of carbonyl (C=O) groups excluding carboxylic acids is 5. The van der Waals surface area contributed by atoms with Crippen molar-refractivity contribution in [2.45, 2.75) is 113 Å². The van der Waals surface area contributed by atoms with Crippen molar-refractivity contribution in [2.24, 2.45) is 0 Å². The number of thiol groups is 5. The summed E-state index contributed by atoms with van der Waals surface area (Å²) in [5.41, 5.74) is 6.56. The maximum atomic E-state index is 11.6. The van der Waals surface area contributed by atoms with Gasteiger partial charge in [0.2, 0.25) is 0 Å². The van der Waals surface area contributed by atoms with Gasteiger partial charge in [-0.2, -0.15) is 50.5 Å². The fraction of sp³-hybridized carbons (Fsp3) is 0.384. The summed E-state index contributed by atoms with van der Waals surface area (Å²) in [4.78, 5) is 55.0. The number of hydrogen-bond donors (Lipinski definition) is 5. The van der Waals surface area contributed by atoms with Crippen molar-refractivity contribution in [3.8, 4) is 59.2 Å². The monoisotopic (exact) mass is 1430 g/mol. The first kappa shape index (κ1) is 82.0. The molecular weight excluding hydrogens is 1340 g/mol. The lowest BCUT2D eigenvalue weighted by atomic mass is 9.78. The molecule has 6 aromatic carbocycles. The molecule has 0 radical (unpaired) electrons. The zero-order valence-corrected chi connectivity index (χ0v) is 62.5. The first-order valence-corrected chi connectivity index (χ1v) is 36.2. The number of rotatable bonds is 30. The van der Waals surface area contributed by atoms with Crippen molar-refractivity contribution in [1.29, 1.82) is 0 Å². The van der Waals surface area contributed by atoms with E-state index in [2.05, 4.69) is 165 Å². The van der Waals surface area contributed by atoms with Gasteiger partial charge in [-0.15, -0.1) is 25.5 Å². The first-order valence-electron chi connectivity index (χ1n) is 29.7. The molecule has 0 amide bonds. The third kappa shape index (κ3) is 31.4. The summed E-state index contributed by atoms with van der Waals surface area (Å²) in [6.45, 7) is 22.9.